The van der Waals surface area contributed by atoms with Gasteiger partial charge in [-0.05, 0) is 26.0 Å². The molecule has 1 aromatic heterocycles. The number of ether oxygens (including phenoxy) is 1. The molecule has 0 fully saturated rings. The summed E-state index contributed by atoms with van der Waals surface area (Å²) in [5.74, 6) is 1.68. The van der Waals surface area contributed by atoms with E-state index in [0.717, 1.165) is 11.6 Å². The second-order valence-corrected chi connectivity index (χ2v) is 4.25. The van der Waals surface area contributed by atoms with Gasteiger partial charge in [0.25, 0.3) is 0 Å². The van der Waals surface area contributed by atoms with Crippen molar-refractivity contribution < 1.29 is 9.94 Å². The van der Waals surface area contributed by atoms with E-state index in [9.17, 15) is 0 Å². The Bertz CT molecular complexity index is 407. The molecule has 1 rings (SSSR count). The van der Waals surface area contributed by atoms with Gasteiger partial charge in [-0.1, -0.05) is 5.16 Å². The zero-order valence-corrected chi connectivity index (χ0v) is 11.0. The molecule has 0 atom stereocenters. The predicted molar refractivity (Wildman–Crippen MR) is 71.3 cm³/mol. The number of rotatable bonds is 6. The first kappa shape index (κ1) is 14.1. The highest BCUT2D eigenvalue weighted by molar-refractivity contribution is 5.80. The van der Waals surface area contributed by atoms with Crippen LogP contribution >= 0.6 is 0 Å². The van der Waals surface area contributed by atoms with Gasteiger partial charge < -0.3 is 20.6 Å². The molecule has 0 radical (unpaired) electrons. The van der Waals surface area contributed by atoms with Gasteiger partial charge in [-0.2, -0.15) is 0 Å². The number of oxime groups is 1. The number of anilines is 1. The maximum Gasteiger partial charge on any atom is 0.171 e. The van der Waals surface area contributed by atoms with E-state index in [1.165, 1.54) is 0 Å². The molecule has 0 spiro atoms. The number of hydrogen-bond acceptors (Lipinski definition) is 5. The van der Waals surface area contributed by atoms with Crippen molar-refractivity contribution in [2.75, 3.05) is 18.5 Å². The fraction of sp³-hybridized carbons (Fsp3) is 0.500. The zero-order valence-electron chi connectivity index (χ0n) is 11.0. The Labute approximate surface area is 107 Å². The first-order chi connectivity index (χ1) is 8.54. The molecule has 0 bridgehead atoms. The van der Waals surface area contributed by atoms with Gasteiger partial charge in [-0.15, -0.1) is 0 Å². The highest BCUT2D eigenvalue weighted by Gasteiger charge is 2.11. The van der Waals surface area contributed by atoms with E-state index in [1.807, 2.05) is 37.9 Å². The molecular formula is C12H20N4O2. The smallest absolute Gasteiger partial charge is 0.171 e. The summed E-state index contributed by atoms with van der Waals surface area (Å²) in [5, 5.41) is 11.4. The van der Waals surface area contributed by atoms with E-state index >= 15 is 0 Å². The number of nitrogens with zero attached hydrogens (tertiary/aromatic N) is 3. The predicted octanol–water partition coefficient (Wildman–Crippen LogP) is 1.44. The maximum absolute atomic E-state index is 8.50. The van der Waals surface area contributed by atoms with Gasteiger partial charge in [0.1, 0.15) is 5.84 Å². The molecule has 6 nitrogen and oxygen atoms in total. The fourth-order valence-corrected chi connectivity index (χ4v) is 1.45. The summed E-state index contributed by atoms with van der Waals surface area (Å²) in [6, 6.07) is 3.71. The first-order valence-corrected chi connectivity index (χ1v) is 5.83. The molecule has 0 aliphatic heterocycles. The zero-order chi connectivity index (χ0) is 13.5. The van der Waals surface area contributed by atoms with Crippen LogP contribution in [0.15, 0.2) is 23.5 Å². The van der Waals surface area contributed by atoms with Crippen molar-refractivity contribution in [1.82, 2.24) is 4.98 Å². The van der Waals surface area contributed by atoms with Crippen molar-refractivity contribution >= 4 is 11.7 Å². The van der Waals surface area contributed by atoms with Gasteiger partial charge in [-0.25, -0.2) is 4.98 Å². The Hall–Kier alpha value is -1.98. The van der Waals surface area contributed by atoms with Crippen LogP contribution in [0, 0.1) is 0 Å². The van der Waals surface area contributed by atoms with Crippen molar-refractivity contribution in [1.29, 1.82) is 0 Å². The molecule has 100 valence electrons. The summed E-state index contributed by atoms with van der Waals surface area (Å²) < 4.78 is 5.68. The van der Waals surface area contributed by atoms with E-state index in [4.69, 9.17) is 15.7 Å². The lowest BCUT2D eigenvalue weighted by atomic mass is 10.3. The van der Waals surface area contributed by atoms with Crippen LogP contribution in [0.3, 0.4) is 0 Å². The van der Waals surface area contributed by atoms with Crippen molar-refractivity contribution in [2.24, 2.45) is 10.9 Å². The second kappa shape index (κ2) is 6.68. The van der Waals surface area contributed by atoms with E-state index in [0.29, 0.717) is 13.0 Å². The average Bonchev–Trinajstić information content (AvgIpc) is 2.35. The van der Waals surface area contributed by atoms with Crippen molar-refractivity contribution in [3.05, 3.63) is 18.3 Å². The highest BCUT2D eigenvalue weighted by Crippen LogP contribution is 2.25. The minimum Gasteiger partial charge on any atom is -0.487 e. The molecule has 0 aliphatic carbocycles. The van der Waals surface area contributed by atoms with Crippen LogP contribution < -0.4 is 15.4 Å². The molecule has 0 amide bonds. The first-order valence-electron chi connectivity index (χ1n) is 5.83. The third kappa shape index (κ3) is 4.12. The van der Waals surface area contributed by atoms with E-state index in [-0.39, 0.29) is 11.9 Å². The number of pyridine rings is 1. The summed E-state index contributed by atoms with van der Waals surface area (Å²) >= 11 is 0. The molecule has 6 heteroatoms. The number of nitrogens with two attached hydrogens (primary N) is 1. The van der Waals surface area contributed by atoms with Crippen LogP contribution in [0.25, 0.3) is 0 Å². The standard InChI is InChI=1S/C12H20N4O2/c1-9(2)18-10-5-4-7-14-12(10)16(3)8-6-11(13)15-17/h4-5,7,9,17H,6,8H2,1-3H3,(H2,13,15). The Morgan fingerprint density at radius 2 is 2.33 bits per heavy atom. The molecular weight excluding hydrogens is 232 g/mol. The molecule has 0 saturated heterocycles. The van der Waals surface area contributed by atoms with Crippen molar-refractivity contribution in [3.8, 4) is 5.75 Å². The van der Waals surface area contributed by atoms with Gasteiger partial charge in [-0.3, -0.25) is 0 Å². The highest BCUT2D eigenvalue weighted by atomic mass is 16.5. The lowest BCUT2D eigenvalue weighted by Gasteiger charge is -2.21. The normalized spacial score (nSPS) is 11.7. The van der Waals surface area contributed by atoms with Crippen LogP contribution in [0.5, 0.6) is 5.75 Å². The summed E-state index contributed by atoms with van der Waals surface area (Å²) in [6.45, 7) is 4.53. The van der Waals surface area contributed by atoms with E-state index in [1.54, 1.807) is 6.20 Å². The largest absolute Gasteiger partial charge is 0.487 e. The van der Waals surface area contributed by atoms with E-state index in [2.05, 4.69) is 10.1 Å². The Morgan fingerprint density at radius 3 is 2.94 bits per heavy atom. The monoisotopic (exact) mass is 252 g/mol. The van der Waals surface area contributed by atoms with Crippen LogP contribution in [0.4, 0.5) is 5.82 Å². The summed E-state index contributed by atoms with van der Waals surface area (Å²) in [7, 11) is 1.89. The summed E-state index contributed by atoms with van der Waals surface area (Å²) in [4.78, 5) is 6.21. The van der Waals surface area contributed by atoms with Crippen LogP contribution in [-0.2, 0) is 0 Å². The third-order valence-corrected chi connectivity index (χ3v) is 2.31. The van der Waals surface area contributed by atoms with Crippen molar-refractivity contribution in [3.63, 3.8) is 0 Å². The number of amidine groups is 1. The molecule has 0 unspecified atom stereocenters. The lowest BCUT2D eigenvalue weighted by molar-refractivity contribution is 0.242. The van der Waals surface area contributed by atoms with Crippen LogP contribution in [0.1, 0.15) is 20.3 Å². The van der Waals surface area contributed by atoms with Gasteiger partial charge in [0, 0.05) is 26.2 Å². The van der Waals surface area contributed by atoms with Gasteiger partial charge >= 0.3 is 0 Å². The topological polar surface area (TPSA) is 84.0 Å². The Kier molecular flexibility index (Phi) is 5.23. The van der Waals surface area contributed by atoms with E-state index < -0.39 is 0 Å². The van der Waals surface area contributed by atoms with Crippen LogP contribution in [0.2, 0.25) is 0 Å². The molecule has 0 saturated carbocycles. The molecule has 1 aromatic rings. The molecule has 0 aromatic carbocycles. The third-order valence-electron chi connectivity index (χ3n) is 2.31. The molecule has 0 aliphatic rings. The minimum atomic E-state index is 0.0884. The quantitative estimate of drug-likeness (QED) is 0.346. The average molecular weight is 252 g/mol. The number of hydrogen-bond donors (Lipinski definition) is 2. The SMILES string of the molecule is CC(C)Oc1cccnc1N(C)CC/C(N)=N/O. The number of aromatic nitrogens is 1. The lowest BCUT2D eigenvalue weighted by Crippen LogP contribution is -2.25. The molecule has 3 N–H and O–H groups in total. The Morgan fingerprint density at radius 1 is 1.61 bits per heavy atom. The van der Waals surface area contributed by atoms with Gasteiger partial charge in [0.15, 0.2) is 11.6 Å². The fourth-order valence-electron chi connectivity index (χ4n) is 1.45. The minimum absolute atomic E-state index is 0.0884. The second-order valence-electron chi connectivity index (χ2n) is 4.25. The van der Waals surface area contributed by atoms with Crippen LogP contribution in [-0.4, -0.2) is 35.7 Å². The van der Waals surface area contributed by atoms with Gasteiger partial charge in [0.2, 0.25) is 0 Å². The Balaban J connectivity index is 2.75. The summed E-state index contributed by atoms with van der Waals surface area (Å²) in [6.07, 6.45) is 2.26. The summed E-state index contributed by atoms with van der Waals surface area (Å²) in [5.41, 5.74) is 5.44. The van der Waals surface area contributed by atoms with Gasteiger partial charge in [0.05, 0.1) is 6.10 Å². The molecule has 1 heterocycles. The van der Waals surface area contributed by atoms with Crippen molar-refractivity contribution in [2.45, 2.75) is 26.4 Å². The molecule has 18 heavy (non-hydrogen) atoms. The maximum atomic E-state index is 8.50.